The molecule has 1 aromatic heterocycles. The summed E-state index contributed by atoms with van der Waals surface area (Å²) in [6.07, 6.45) is 5.77. The summed E-state index contributed by atoms with van der Waals surface area (Å²) in [5.41, 5.74) is 1.68. The van der Waals surface area contributed by atoms with Crippen LogP contribution in [0.3, 0.4) is 0 Å². The molecule has 23 heavy (non-hydrogen) atoms. The van der Waals surface area contributed by atoms with Crippen LogP contribution in [-0.2, 0) is 6.54 Å². The number of hydrogen-bond acceptors (Lipinski definition) is 4. The van der Waals surface area contributed by atoms with Crippen molar-refractivity contribution in [3.8, 4) is 0 Å². The van der Waals surface area contributed by atoms with Crippen molar-refractivity contribution < 1.29 is 4.79 Å². The standard InChI is InChI=1S/C18H23N3OS/c1-13-7-3-4-9-16(13)17(22)20-18-19-11-15(23-18)12-21-10-6-5-8-14(21)2/h3-4,7,9,11,14H,5-6,8,10,12H2,1-2H3,(H,19,20,22). The zero-order chi connectivity index (χ0) is 16.2. The summed E-state index contributed by atoms with van der Waals surface area (Å²) in [4.78, 5) is 20.4. The number of amides is 1. The van der Waals surface area contributed by atoms with Gasteiger partial charge in [-0.3, -0.25) is 15.0 Å². The van der Waals surface area contributed by atoms with Crippen LogP contribution >= 0.6 is 11.3 Å². The largest absolute Gasteiger partial charge is 0.298 e. The number of nitrogens with zero attached hydrogens (tertiary/aromatic N) is 2. The van der Waals surface area contributed by atoms with Crippen molar-refractivity contribution in [2.45, 2.75) is 45.7 Å². The zero-order valence-corrected chi connectivity index (χ0v) is 14.5. The third-order valence-corrected chi connectivity index (χ3v) is 5.36. The maximum atomic E-state index is 12.3. The molecule has 1 fully saturated rings. The highest BCUT2D eigenvalue weighted by molar-refractivity contribution is 7.15. The Morgan fingerprint density at radius 1 is 1.39 bits per heavy atom. The summed E-state index contributed by atoms with van der Waals surface area (Å²) in [5, 5.41) is 3.60. The van der Waals surface area contributed by atoms with Gasteiger partial charge in [0.05, 0.1) is 0 Å². The highest BCUT2D eigenvalue weighted by Crippen LogP contribution is 2.24. The Labute approximate surface area is 141 Å². The molecule has 1 atom stereocenters. The van der Waals surface area contributed by atoms with Crippen molar-refractivity contribution in [2.24, 2.45) is 0 Å². The molecule has 2 heterocycles. The van der Waals surface area contributed by atoms with Crippen LogP contribution in [0.2, 0.25) is 0 Å². The lowest BCUT2D eigenvalue weighted by Gasteiger charge is -2.32. The van der Waals surface area contributed by atoms with Crippen molar-refractivity contribution >= 4 is 22.4 Å². The van der Waals surface area contributed by atoms with E-state index in [4.69, 9.17) is 0 Å². The molecule has 5 heteroatoms. The Kier molecular flexibility index (Phi) is 5.08. The van der Waals surface area contributed by atoms with Crippen LogP contribution in [0.1, 0.15) is 47.0 Å². The molecular formula is C18H23N3OS. The quantitative estimate of drug-likeness (QED) is 0.919. The van der Waals surface area contributed by atoms with Crippen molar-refractivity contribution in [3.05, 3.63) is 46.5 Å². The van der Waals surface area contributed by atoms with Gasteiger partial charge in [0.1, 0.15) is 0 Å². The van der Waals surface area contributed by atoms with E-state index >= 15 is 0 Å². The number of hydrogen-bond donors (Lipinski definition) is 1. The van der Waals surface area contributed by atoms with Gasteiger partial charge in [-0.1, -0.05) is 24.6 Å². The van der Waals surface area contributed by atoms with Crippen LogP contribution in [0, 0.1) is 6.92 Å². The van der Waals surface area contributed by atoms with Crippen LogP contribution < -0.4 is 5.32 Å². The summed E-state index contributed by atoms with van der Waals surface area (Å²) in [5.74, 6) is -0.0876. The monoisotopic (exact) mass is 329 g/mol. The molecule has 1 aliphatic rings. The first kappa shape index (κ1) is 16.1. The van der Waals surface area contributed by atoms with E-state index < -0.39 is 0 Å². The third kappa shape index (κ3) is 3.98. The fourth-order valence-corrected chi connectivity index (χ4v) is 3.86. The average Bonchev–Trinajstić information content (AvgIpc) is 2.97. The van der Waals surface area contributed by atoms with Crippen molar-refractivity contribution in [2.75, 3.05) is 11.9 Å². The molecule has 1 saturated heterocycles. The number of aromatic nitrogens is 1. The van der Waals surface area contributed by atoms with E-state index in [1.165, 1.54) is 24.1 Å². The van der Waals surface area contributed by atoms with E-state index in [0.717, 1.165) is 18.7 Å². The van der Waals surface area contributed by atoms with Gasteiger partial charge in [-0.05, 0) is 44.9 Å². The number of piperidine rings is 1. The number of nitrogens with one attached hydrogen (secondary N) is 1. The first-order valence-corrected chi connectivity index (χ1v) is 9.01. The van der Waals surface area contributed by atoms with Gasteiger partial charge in [-0.15, -0.1) is 11.3 Å². The molecule has 1 aromatic carbocycles. The predicted octanol–water partition coefficient (Wildman–Crippen LogP) is 4.08. The molecule has 0 radical (unpaired) electrons. The number of aryl methyl sites for hydroxylation is 1. The number of thiazole rings is 1. The highest BCUT2D eigenvalue weighted by Gasteiger charge is 2.19. The molecule has 1 N–H and O–H groups in total. The third-order valence-electron chi connectivity index (χ3n) is 4.46. The summed E-state index contributed by atoms with van der Waals surface area (Å²) in [7, 11) is 0. The number of anilines is 1. The van der Waals surface area contributed by atoms with Crippen molar-refractivity contribution in [1.29, 1.82) is 0 Å². The summed E-state index contributed by atoms with van der Waals surface area (Å²) >= 11 is 1.57. The van der Waals surface area contributed by atoms with Gasteiger partial charge in [0.15, 0.2) is 5.13 Å². The molecule has 3 rings (SSSR count). The molecule has 0 spiro atoms. The van der Waals surface area contributed by atoms with Gasteiger partial charge in [-0.2, -0.15) is 0 Å². The summed E-state index contributed by atoms with van der Waals surface area (Å²) in [6, 6.07) is 8.24. The minimum Gasteiger partial charge on any atom is -0.298 e. The molecule has 122 valence electrons. The van der Waals surface area contributed by atoms with Gasteiger partial charge in [0, 0.05) is 29.2 Å². The van der Waals surface area contributed by atoms with Gasteiger partial charge in [0.25, 0.3) is 5.91 Å². The van der Waals surface area contributed by atoms with E-state index in [9.17, 15) is 4.79 Å². The fraction of sp³-hybridized carbons (Fsp3) is 0.444. The molecule has 0 aliphatic carbocycles. The van der Waals surface area contributed by atoms with Gasteiger partial charge in [0.2, 0.25) is 0 Å². The second-order valence-corrected chi connectivity index (χ2v) is 7.33. The maximum absolute atomic E-state index is 12.3. The smallest absolute Gasteiger partial charge is 0.257 e. The zero-order valence-electron chi connectivity index (χ0n) is 13.7. The second-order valence-electron chi connectivity index (χ2n) is 6.22. The van der Waals surface area contributed by atoms with Crippen molar-refractivity contribution in [1.82, 2.24) is 9.88 Å². The Hall–Kier alpha value is -1.72. The number of likely N-dealkylation sites (tertiary alicyclic amines) is 1. The Morgan fingerprint density at radius 3 is 3.00 bits per heavy atom. The van der Waals surface area contributed by atoms with Gasteiger partial charge < -0.3 is 0 Å². The van der Waals surface area contributed by atoms with Crippen LogP contribution in [0.15, 0.2) is 30.5 Å². The molecular weight excluding hydrogens is 306 g/mol. The molecule has 1 amide bonds. The Balaban J connectivity index is 1.63. The van der Waals surface area contributed by atoms with Gasteiger partial charge in [-0.25, -0.2) is 4.98 Å². The lowest BCUT2D eigenvalue weighted by atomic mass is 10.0. The lowest BCUT2D eigenvalue weighted by Crippen LogP contribution is -2.36. The average molecular weight is 329 g/mol. The second kappa shape index (κ2) is 7.23. The molecule has 1 aliphatic heterocycles. The Morgan fingerprint density at radius 2 is 2.22 bits per heavy atom. The van der Waals surface area contributed by atoms with E-state index in [-0.39, 0.29) is 5.91 Å². The summed E-state index contributed by atoms with van der Waals surface area (Å²) in [6.45, 7) is 6.32. The van der Waals surface area contributed by atoms with Crippen LogP contribution in [-0.4, -0.2) is 28.4 Å². The topological polar surface area (TPSA) is 45.2 Å². The first-order chi connectivity index (χ1) is 11.1. The number of carbonyl (C=O) groups is 1. The normalized spacial score (nSPS) is 18.8. The predicted molar refractivity (Wildman–Crippen MR) is 95.0 cm³/mol. The SMILES string of the molecule is Cc1ccccc1C(=O)Nc1ncc(CN2CCCCC2C)s1. The summed E-state index contributed by atoms with van der Waals surface area (Å²) < 4.78 is 0. The molecule has 1 unspecified atom stereocenters. The lowest BCUT2D eigenvalue weighted by molar-refractivity contribution is 0.102. The van der Waals surface area contributed by atoms with Crippen molar-refractivity contribution in [3.63, 3.8) is 0 Å². The van der Waals surface area contributed by atoms with E-state index in [1.807, 2.05) is 37.4 Å². The van der Waals surface area contributed by atoms with E-state index in [0.29, 0.717) is 16.7 Å². The number of carbonyl (C=O) groups excluding carboxylic acids is 1. The van der Waals surface area contributed by atoms with Crippen LogP contribution in [0.4, 0.5) is 5.13 Å². The molecule has 0 saturated carbocycles. The Bertz CT molecular complexity index is 682. The molecule has 4 nitrogen and oxygen atoms in total. The fourth-order valence-electron chi connectivity index (χ4n) is 3.02. The van der Waals surface area contributed by atoms with E-state index in [2.05, 4.69) is 22.1 Å². The van der Waals surface area contributed by atoms with E-state index in [1.54, 1.807) is 11.3 Å². The highest BCUT2D eigenvalue weighted by atomic mass is 32.1. The van der Waals surface area contributed by atoms with Crippen LogP contribution in [0.25, 0.3) is 0 Å². The maximum Gasteiger partial charge on any atom is 0.257 e. The number of rotatable bonds is 4. The molecule has 0 bridgehead atoms. The first-order valence-electron chi connectivity index (χ1n) is 8.19. The van der Waals surface area contributed by atoms with Crippen LogP contribution in [0.5, 0.6) is 0 Å². The minimum absolute atomic E-state index is 0.0876. The molecule has 2 aromatic rings. The minimum atomic E-state index is -0.0876. The number of benzene rings is 1. The van der Waals surface area contributed by atoms with Gasteiger partial charge >= 0.3 is 0 Å².